The Kier molecular flexibility index (Phi) is 6.40. The Morgan fingerprint density at radius 3 is 2.67 bits per heavy atom. The van der Waals surface area contributed by atoms with Gasteiger partial charge in [0.25, 0.3) is 0 Å². The maximum Gasteiger partial charge on any atom is 0.222 e. The van der Waals surface area contributed by atoms with E-state index in [1.54, 1.807) is 14.2 Å². The number of likely N-dealkylation sites (tertiary alicyclic amines) is 1. The number of hydrogen-bond acceptors (Lipinski definition) is 5. The molecule has 2 saturated heterocycles. The minimum absolute atomic E-state index is 0.0977. The number of rotatable bonds is 5. The smallest absolute Gasteiger partial charge is 0.222 e. The van der Waals surface area contributed by atoms with Gasteiger partial charge in [0.05, 0.1) is 13.7 Å². The van der Waals surface area contributed by atoms with Crippen LogP contribution in [0.3, 0.4) is 0 Å². The summed E-state index contributed by atoms with van der Waals surface area (Å²) in [5, 5.41) is 0. The highest BCUT2D eigenvalue weighted by atomic mass is 16.5. The summed E-state index contributed by atoms with van der Waals surface area (Å²) in [4.78, 5) is 19.1. The van der Waals surface area contributed by atoms with E-state index >= 15 is 0 Å². The number of nitrogens with zero attached hydrogens (tertiary/aromatic N) is 3. The molecule has 0 saturated carbocycles. The Bertz CT molecular complexity index is 666. The van der Waals surface area contributed by atoms with Gasteiger partial charge >= 0.3 is 0 Å². The number of ether oxygens (including phenoxy) is 2. The van der Waals surface area contributed by atoms with Crippen LogP contribution in [-0.2, 0) is 22.7 Å². The zero-order chi connectivity index (χ0) is 19.4. The van der Waals surface area contributed by atoms with Crippen molar-refractivity contribution >= 4 is 5.91 Å². The van der Waals surface area contributed by atoms with E-state index in [0.29, 0.717) is 13.0 Å². The highest BCUT2D eigenvalue weighted by Gasteiger charge is 2.41. The molecule has 0 unspecified atom stereocenters. The van der Waals surface area contributed by atoms with Gasteiger partial charge in [0.1, 0.15) is 5.75 Å². The molecule has 1 spiro atoms. The van der Waals surface area contributed by atoms with E-state index in [-0.39, 0.29) is 11.4 Å². The SMILES string of the molecule is COCc1cc(CN2CCN(C)[C@]3(CCC(=O)N(C)CC3)C2)ccc1OC. The summed E-state index contributed by atoms with van der Waals surface area (Å²) in [5.41, 5.74) is 2.47. The van der Waals surface area contributed by atoms with Crippen LogP contribution in [0.25, 0.3) is 0 Å². The van der Waals surface area contributed by atoms with Crippen LogP contribution in [0.4, 0.5) is 0 Å². The molecule has 0 aliphatic carbocycles. The van der Waals surface area contributed by atoms with Crippen molar-refractivity contribution in [1.82, 2.24) is 14.7 Å². The molecule has 2 fully saturated rings. The number of piperazine rings is 1. The first kappa shape index (κ1) is 20.1. The van der Waals surface area contributed by atoms with Crippen LogP contribution in [-0.4, -0.2) is 80.6 Å². The van der Waals surface area contributed by atoms with E-state index in [0.717, 1.165) is 56.9 Å². The number of benzene rings is 1. The van der Waals surface area contributed by atoms with E-state index in [1.807, 2.05) is 18.0 Å². The number of likely N-dealkylation sites (N-methyl/N-ethyl adjacent to an activating group) is 1. The molecular formula is C21H33N3O3. The third-order valence-electron chi connectivity index (χ3n) is 6.27. The molecule has 0 radical (unpaired) electrons. The number of amides is 1. The van der Waals surface area contributed by atoms with Gasteiger partial charge in [-0.2, -0.15) is 0 Å². The first-order valence-corrected chi connectivity index (χ1v) is 9.80. The molecule has 2 aliphatic heterocycles. The van der Waals surface area contributed by atoms with Crippen molar-refractivity contribution in [3.05, 3.63) is 29.3 Å². The molecule has 0 aromatic heterocycles. The third kappa shape index (κ3) is 4.45. The van der Waals surface area contributed by atoms with E-state index in [1.165, 1.54) is 5.56 Å². The Morgan fingerprint density at radius 2 is 1.93 bits per heavy atom. The number of carbonyl (C=O) groups is 1. The molecule has 3 rings (SSSR count). The number of methoxy groups -OCH3 is 2. The summed E-state index contributed by atoms with van der Waals surface area (Å²) >= 11 is 0. The van der Waals surface area contributed by atoms with Crippen molar-refractivity contribution in [2.75, 3.05) is 54.5 Å². The molecule has 150 valence electrons. The largest absolute Gasteiger partial charge is 0.496 e. The Morgan fingerprint density at radius 1 is 1.11 bits per heavy atom. The third-order valence-corrected chi connectivity index (χ3v) is 6.27. The summed E-state index contributed by atoms with van der Waals surface area (Å²) in [7, 11) is 7.55. The van der Waals surface area contributed by atoms with E-state index in [2.05, 4.69) is 29.0 Å². The number of carbonyl (C=O) groups excluding carboxylic acids is 1. The summed E-state index contributed by atoms with van der Waals surface area (Å²) in [6.07, 6.45) is 2.63. The summed E-state index contributed by atoms with van der Waals surface area (Å²) in [6, 6.07) is 6.37. The van der Waals surface area contributed by atoms with Crippen LogP contribution in [0.2, 0.25) is 0 Å². The fourth-order valence-electron chi connectivity index (χ4n) is 4.43. The summed E-state index contributed by atoms with van der Waals surface area (Å²) in [6.45, 7) is 5.42. The monoisotopic (exact) mass is 375 g/mol. The van der Waals surface area contributed by atoms with Gasteiger partial charge in [-0.25, -0.2) is 0 Å². The molecule has 1 aromatic rings. The molecule has 2 heterocycles. The minimum atomic E-state index is 0.0977. The van der Waals surface area contributed by atoms with Gasteiger partial charge in [-0.15, -0.1) is 0 Å². The van der Waals surface area contributed by atoms with Crippen molar-refractivity contribution in [1.29, 1.82) is 0 Å². The summed E-state index contributed by atoms with van der Waals surface area (Å²) < 4.78 is 10.8. The molecule has 0 bridgehead atoms. The molecule has 1 aromatic carbocycles. The van der Waals surface area contributed by atoms with Crippen LogP contribution >= 0.6 is 0 Å². The van der Waals surface area contributed by atoms with Crippen LogP contribution in [0.1, 0.15) is 30.4 Å². The Balaban J connectivity index is 1.73. The van der Waals surface area contributed by atoms with Crippen LogP contribution < -0.4 is 4.74 Å². The first-order chi connectivity index (χ1) is 13.0. The lowest BCUT2D eigenvalue weighted by atomic mass is 9.86. The predicted octanol–water partition coefficient (Wildman–Crippen LogP) is 1.97. The van der Waals surface area contributed by atoms with Crippen LogP contribution in [0.5, 0.6) is 5.75 Å². The molecule has 2 aliphatic rings. The lowest BCUT2D eigenvalue weighted by Gasteiger charge is -2.49. The zero-order valence-electron chi connectivity index (χ0n) is 17.2. The second kappa shape index (κ2) is 8.59. The maximum atomic E-state index is 12.1. The highest BCUT2D eigenvalue weighted by Crippen LogP contribution is 2.32. The van der Waals surface area contributed by atoms with Gasteiger partial charge in [0.15, 0.2) is 0 Å². The topological polar surface area (TPSA) is 45.2 Å². The lowest BCUT2D eigenvalue weighted by Crippen LogP contribution is -2.60. The van der Waals surface area contributed by atoms with Crippen molar-refractivity contribution in [3.63, 3.8) is 0 Å². The van der Waals surface area contributed by atoms with Gasteiger partial charge in [-0.1, -0.05) is 6.07 Å². The molecule has 1 atom stereocenters. The number of hydrogen-bond donors (Lipinski definition) is 0. The second-order valence-corrected chi connectivity index (χ2v) is 8.00. The fraction of sp³-hybridized carbons (Fsp3) is 0.667. The highest BCUT2D eigenvalue weighted by molar-refractivity contribution is 5.76. The van der Waals surface area contributed by atoms with E-state index < -0.39 is 0 Å². The average molecular weight is 376 g/mol. The average Bonchev–Trinajstić information content (AvgIpc) is 2.80. The molecule has 1 amide bonds. The second-order valence-electron chi connectivity index (χ2n) is 8.00. The van der Waals surface area contributed by atoms with Gasteiger partial charge in [-0.05, 0) is 37.6 Å². The fourth-order valence-corrected chi connectivity index (χ4v) is 4.43. The van der Waals surface area contributed by atoms with Crippen LogP contribution in [0, 0.1) is 0 Å². The van der Waals surface area contributed by atoms with Crippen molar-refractivity contribution in [2.24, 2.45) is 0 Å². The van der Waals surface area contributed by atoms with Gasteiger partial charge in [0, 0.05) is 64.4 Å². The molecule has 6 nitrogen and oxygen atoms in total. The van der Waals surface area contributed by atoms with Crippen molar-refractivity contribution < 1.29 is 14.3 Å². The van der Waals surface area contributed by atoms with Gasteiger partial charge in [-0.3, -0.25) is 14.6 Å². The van der Waals surface area contributed by atoms with Gasteiger partial charge < -0.3 is 14.4 Å². The molecular weight excluding hydrogens is 342 g/mol. The predicted molar refractivity (Wildman–Crippen MR) is 106 cm³/mol. The molecule has 27 heavy (non-hydrogen) atoms. The Labute approximate surface area is 163 Å². The van der Waals surface area contributed by atoms with Crippen LogP contribution in [0.15, 0.2) is 18.2 Å². The standard InChI is InChI=1S/C21H33N3O3/c1-22-10-9-21(8-7-20(22)25)16-24(12-11-23(21)2)14-17-5-6-19(27-4)18(13-17)15-26-3/h5-6,13H,7-12,14-16H2,1-4H3/t21-/m0/s1. The summed E-state index contributed by atoms with van der Waals surface area (Å²) in [5.74, 6) is 1.15. The van der Waals surface area contributed by atoms with Crippen molar-refractivity contribution in [2.45, 2.75) is 38.0 Å². The zero-order valence-corrected chi connectivity index (χ0v) is 17.2. The minimum Gasteiger partial charge on any atom is -0.496 e. The normalized spacial score (nSPS) is 25.0. The van der Waals surface area contributed by atoms with E-state index in [4.69, 9.17) is 9.47 Å². The van der Waals surface area contributed by atoms with Crippen molar-refractivity contribution in [3.8, 4) is 5.75 Å². The molecule has 6 heteroatoms. The quantitative estimate of drug-likeness (QED) is 0.787. The Hall–Kier alpha value is -1.63. The van der Waals surface area contributed by atoms with E-state index in [9.17, 15) is 4.79 Å². The molecule has 0 N–H and O–H groups in total. The first-order valence-electron chi connectivity index (χ1n) is 9.80. The maximum absolute atomic E-state index is 12.1. The van der Waals surface area contributed by atoms with Gasteiger partial charge in [0.2, 0.25) is 5.91 Å². The lowest BCUT2D eigenvalue weighted by molar-refractivity contribution is -0.129.